The monoisotopic (exact) mass is 344 g/mol. The number of amides is 2. The lowest BCUT2D eigenvalue weighted by molar-refractivity contribution is -0.114. The molecule has 1 aromatic carbocycles. The molecular weight excluding hydrogens is 324 g/mol. The van der Waals surface area contributed by atoms with Gasteiger partial charge in [-0.05, 0) is 42.9 Å². The smallest absolute Gasteiger partial charge is 0.252 e. The Morgan fingerprint density at radius 1 is 1.25 bits per heavy atom. The van der Waals surface area contributed by atoms with Crippen LogP contribution in [0.25, 0.3) is 10.4 Å². The quantitative estimate of drug-likeness (QED) is 0.896. The van der Waals surface area contributed by atoms with E-state index in [1.165, 1.54) is 23.8 Å². The molecule has 1 aliphatic carbocycles. The molecule has 0 spiro atoms. The molecule has 0 radical (unpaired) electrons. The van der Waals surface area contributed by atoms with Crippen molar-refractivity contribution in [3.05, 3.63) is 34.9 Å². The van der Waals surface area contributed by atoms with Crippen molar-refractivity contribution in [3.63, 3.8) is 0 Å². The number of hydrogen-bond donors (Lipinski definition) is 2. The highest BCUT2D eigenvalue weighted by Gasteiger charge is 2.27. The van der Waals surface area contributed by atoms with E-state index >= 15 is 0 Å². The molecule has 0 saturated heterocycles. The van der Waals surface area contributed by atoms with Crippen LogP contribution >= 0.6 is 11.3 Å². The van der Waals surface area contributed by atoms with Crippen molar-refractivity contribution in [1.82, 2.24) is 0 Å². The molecule has 1 aromatic heterocycles. The number of thiophene rings is 1. The molecule has 0 fully saturated rings. The molecule has 3 N–H and O–H groups in total. The van der Waals surface area contributed by atoms with Gasteiger partial charge in [0, 0.05) is 17.4 Å². The second kappa shape index (κ2) is 6.65. The number of aryl methyl sites for hydroxylation is 1. The van der Waals surface area contributed by atoms with Crippen molar-refractivity contribution in [2.24, 2.45) is 5.73 Å². The largest absolute Gasteiger partial charge is 0.496 e. The first kappa shape index (κ1) is 16.5. The van der Waals surface area contributed by atoms with E-state index in [0.29, 0.717) is 10.6 Å². The van der Waals surface area contributed by atoms with Gasteiger partial charge in [-0.25, -0.2) is 0 Å². The zero-order valence-electron chi connectivity index (χ0n) is 13.8. The van der Waals surface area contributed by atoms with E-state index < -0.39 is 5.91 Å². The van der Waals surface area contributed by atoms with Gasteiger partial charge >= 0.3 is 0 Å². The average molecular weight is 344 g/mol. The number of ether oxygens (including phenoxy) is 1. The lowest BCUT2D eigenvalue weighted by atomic mass is 9.90. The van der Waals surface area contributed by atoms with Gasteiger partial charge in [0.2, 0.25) is 5.91 Å². The fourth-order valence-electron chi connectivity index (χ4n) is 3.24. The number of nitrogens with two attached hydrogens (primary N) is 1. The Bertz CT molecular complexity index is 811. The minimum Gasteiger partial charge on any atom is -0.496 e. The molecule has 6 heteroatoms. The molecule has 1 aliphatic rings. The molecule has 2 aromatic rings. The number of methoxy groups -OCH3 is 1. The third-order valence-electron chi connectivity index (χ3n) is 4.23. The van der Waals surface area contributed by atoms with E-state index in [-0.39, 0.29) is 5.91 Å². The highest BCUT2D eigenvalue weighted by molar-refractivity contribution is 7.20. The molecule has 126 valence electrons. The summed E-state index contributed by atoms with van der Waals surface area (Å²) in [6.07, 6.45) is 3.73. The molecule has 0 bridgehead atoms. The summed E-state index contributed by atoms with van der Waals surface area (Å²) >= 11 is 1.40. The Kier molecular flexibility index (Phi) is 4.57. The minimum atomic E-state index is -0.506. The van der Waals surface area contributed by atoms with E-state index in [1.807, 2.05) is 12.1 Å². The highest BCUT2D eigenvalue weighted by Crippen LogP contribution is 2.47. The third kappa shape index (κ3) is 2.89. The second-order valence-corrected chi connectivity index (χ2v) is 6.88. The van der Waals surface area contributed by atoms with Gasteiger partial charge in [0.25, 0.3) is 5.91 Å². The topological polar surface area (TPSA) is 81.4 Å². The van der Waals surface area contributed by atoms with E-state index in [2.05, 4.69) is 11.4 Å². The predicted molar refractivity (Wildman–Crippen MR) is 95.8 cm³/mol. The minimum absolute atomic E-state index is 0.216. The Hall–Kier alpha value is -2.34. The number of rotatable bonds is 3. The maximum Gasteiger partial charge on any atom is 0.252 e. The fourth-order valence-corrected chi connectivity index (χ4v) is 4.63. The number of carbonyl (C=O) groups excluding carboxylic acids is 2. The second-order valence-electron chi connectivity index (χ2n) is 5.86. The third-order valence-corrected chi connectivity index (χ3v) is 5.39. The summed E-state index contributed by atoms with van der Waals surface area (Å²) in [6.45, 7) is 1.43. The van der Waals surface area contributed by atoms with Gasteiger partial charge in [0.05, 0.1) is 12.7 Å². The normalized spacial score (nSPS) is 13.2. The number of nitrogens with one attached hydrogen (secondary N) is 1. The lowest BCUT2D eigenvalue weighted by Gasteiger charge is -2.17. The molecule has 1 heterocycles. The Morgan fingerprint density at radius 3 is 2.67 bits per heavy atom. The van der Waals surface area contributed by atoms with Crippen LogP contribution in [-0.2, 0) is 17.6 Å². The summed E-state index contributed by atoms with van der Waals surface area (Å²) < 4.78 is 5.56. The number of primary amides is 1. The summed E-state index contributed by atoms with van der Waals surface area (Å²) in [5, 5.41) is 3.29. The van der Waals surface area contributed by atoms with E-state index in [0.717, 1.165) is 47.4 Å². The van der Waals surface area contributed by atoms with Crippen molar-refractivity contribution in [2.75, 3.05) is 12.4 Å². The van der Waals surface area contributed by atoms with Crippen molar-refractivity contribution in [1.29, 1.82) is 0 Å². The van der Waals surface area contributed by atoms with Crippen LogP contribution in [-0.4, -0.2) is 18.9 Å². The number of anilines is 1. The van der Waals surface area contributed by atoms with Crippen LogP contribution < -0.4 is 15.8 Å². The first-order valence-corrected chi connectivity index (χ1v) is 8.74. The molecule has 0 saturated carbocycles. The fraction of sp³-hybridized carbons (Fsp3) is 0.333. The molecular formula is C18H20N2O3S. The standard InChI is InChI=1S/C18H20N2O3S/c1-10(21)20-18-15(17(19)22)12-8-4-3-6-11-7-5-9-13(23-2)14(11)16(12)24-18/h5,7,9H,3-4,6,8H2,1-2H3,(H2,19,22)(H,20,21). The van der Waals surface area contributed by atoms with Crippen LogP contribution in [0.2, 0.25) is 0 Å². The van der Waals surface area contributed by atoms with Gasteiger partial charge in [-0.3, -0.25) is 9.59 Å². The number of carbonyl (C=O) groups is 2. The van der Waals surface area contributed by atoms with Crippen molar-refractivity contribution in [2.45, 2.75) is 32.6 Å². The van der Waals surface area contributed by atoms with Crippen molar-refractivity contribution < 1.29 is 14.3 Å². The molecule has 5 nitrogen and oxygen atoms in total. The SMILES string of the molecule is COc1cccc2c1-c1sc(NC(C)=O)c(C(N)=O)c1CCCC2. The summed E-state index contributed by atoms with van der Waals surface area (Å²) in [5.74, 6) is 0.0579. The zero-order valence-corrected chi connectivity index (χ0v) is 14.6. The predicted octanol–water partition coefficient (Wildman–Crippen LogP) is 3.36. The van der Waals surface area contributed by atoms with Gasteiger partial charge in [-0.15, -0.1) is 11.3 Å². The number of benzene rings is 1. The first-order valence-electron chi connectivity index (χ1n) is 7.92. The number of hydrogen-bond acceptors (Lipinski definition) is 4. The molecule has 24 heavy (non-hydrogen) atoms. The van der Waals surface area contributed by atoms with Crippen LogP contribution in [0.5, 0.6) is 5.75 Å². The molecule has 0 aliphatic heterocycles. The van der Waals surface area contributed by atoms with Gasteiger partial charge in [0.1, 0.15) is 10.8 Å². The summed E-state index contributed by atoms with van der Waals surface area (Å²) in [5.41, 5.74) is 9.19. The molecule has 0 atom stereocenters. The van der Waals surface area contributed by atoms with Gasteiger partial charge in [-0.1, -0.05) is 12.1 Å². The average Bonchev–Trinajstić information content (AvgIpc) is 2.85. The van der Waals surface area contributed by atoms with Crippen LogP contribution in [0.4, 0.5) is 5.00 Å². The molecule has 2 amide bonds. The van der Waals surface area contributed by atoms with Gasteiger partial charge in [-0.2, -0.15) is 0 Å². The Morgan fingerprint density at radius 2 is 2.00 bits per heavy atom. The lowest BCUT2D eigenvalue weighted by Crippen LogP contribution is -2.16. The van der Waals surface area contributed by atoms with Gasteiger partial charge in [0.15, 0.2) is 0 Å². The van der Waals surface area contributed by atoms with Crippen LogP contribution in [0.15, 0.2) is 18.2 Å². The molecule has 0 unspecified atom stereocenters. The summed E-state index contributed by atoms with van der Waals surface area (Å²) in [4.78, 5) is 24.5. The van der Waals surface area contributed by atoms with Crippen molar-refractivity contribution in [3.8, 4) is 16.2 Å². The highest BCUT2D eigenvalue weighted by atomic mass is 32.1. The van der Waals surface area contributed by atoms with Crippen molar-refractivity contribution >= 4 is 28.2 Å². The summed E-state index contributed by atoms with van der Waals surface area (Å²) in [7, 11) is 1.64. The van der Waals surface area contributed by atoms with E-state index in [4.69, 9.17) is 10.5 Å². The Labute approximate surface area is 144 Å². The van der Waals surface area contributed by atoms with Crippen LogP contribution in [0, 0.1) is 0 Å². The maximum atomic E-state index is 12.0. The van der Waals surface area contributed by atoms with Crippen LogP contribution in [0.1, 0.15) is 41.3 Å². The van der Waals surface area contributed by atoms with E-state index in [9.17, 15) is 9.59 Å². The van der Waals surface area contributed by atoms with Crippen LogP contribution in [0.3, 0.4) is 0 Å². The number of fused-ring (bicyclic) bond motifs is 3. The summed E-state index contributed by atoms with van der Waals surface area (Å²) in [6, 6.07) is 6.00. The zero-order chi connectivity index (χ0) is 17.3. The van der Waals surface area contributed by atoms with Gasteiger partial charge < -0.3 is 15.8 Å². The molecule has 3 rings (SSSR count). The Balaban J connectivity index is 2.30. The maximum absolute atomic E-state index is 12.0. The van der Waals surface area contributed by atoms with E-state index in [1.54, 1.807) is 7.11 Å². The first-order chi connectivity index (χ1) is 11.5.